The van der Waals surface area contributed by atoms with Gasteiger partial charge in [-0.15, -0.1) is 0 Å². The van der Waals surface area contributed by atoms with E-state index >= 15 is 0 Å². The molecule has 1 aromatic rings. The summed E-state index contributed by atoms with van der Waals surface area (Å²) in [5, 5.41) is 23.1. The molecule has 0 aliphatic heterocycles. The fourth-order valence-electron chi connectivity index (χ4n) is 2.37. The molecule has 10 nitrogen and oxygen atoms in total. The van der Waals surface area contributed by atoms with Crippen molar-refractivity contribution < 1.29 is 33.8 Å². The fourth-order valence-corrected chi connectivity index (χ4v) is 2.37. The lowest BCUT2D eigenvalue weighted by molar-refractivity contribution is -0.137. The molecule has 0 heterocycles. The SMILES string of the molecule is COC(=O)c1ccc(C(=O)OC)c(N/C=C(/C#N)C(=O)NCCCCCC(=O)O)c1. The van der Waals surface area contributed by atoms with Crippen molar-refractivity contribution in [2.75, 3.05) is 26.1 Å². The zero-order valence-corrected chi connectivity index (χ0v) is 16.7. The minimum absolute atomic E-state index is 0.0639. The van der Waals surface area contributed by atoms with E-state index in [1.807, 2.05) is 0 Å². The number of hydrogen-bond acceptors (Lipinski definition) is 8. The number of hydrogen-bond donors (Lipinski definition) is 3. The van der Waals surface area contributed by atoms with E-state index in [1.54, 1.807) is 6.07 Å². The molecule has 0 radical (unpaired) electrons. The molecular weight excluding hydrogens is 394 g/mol. The van der Waals surface area contributed by atoms with Gasteiger partial charge < -0.3 is 25.2 Å². The largest absolute Gasteiger partial charge is 0.481 e. The van der Waals surface area contributed by atoms with E-state index < -0.39 is 23.8 Å². The Kier molecular flexibility index (Phi) is 10.1. The number of rotatable bonds is 11. The number of aliphatic carboxylic acids is 1. The van der Waals surface area contributed by atoms with Crippen LogP contribution in [0.25, 0.3) is 0 Å². The number of methoxy groups -OCH3 is 2. The highest BCUT2D eigenvalue weighted by atomic mass is 16.5. The molecule has 3 N–H and O–H groups in total. The van der Waals surface area contributed by atoms with Gasteiger partial charge in [-0.1, -0.05) is 6.42 Å². The molecule has 0 saturated heterocycles. The predicted octanol–water partition coefficient (Wildman–Crippen LogP) is 1.84. The monoisotopic (exact) mass is 417 g/mol. The minimum atomic E-state index is -0.873. The molecule has 0 aliphatic carbocycles. The quantitative estimate of drug-likeness (QED) is 0.212. The molecule has 0 fully saturated rings. The smallest absolute Gasteiger partial charge is 0.339 e. The number of carboxylic acids is 1. The lowest BCUT2D eigenvalue weighted by atomic mass is 10.1. The van der Waals surface area contributed by atoms with Crippen LogP contribution in [0, 0.1) is 11.3 Å². The van der Waals surface area contributed by atoms with Crippen molar-refractivity contribution in [1.82, 2.24) is 5.32 Å². The third-order valence-electron chi connectivity index (χ3n) is 3.94. The molecule has 0 unspecified atom stereocenters. The summed E-state index contributed by atoms with van der Waals surface area (Å²) >= 11 is 0. The molecule has 1 rings (SSSR count). The van der Waals surface area contributed by atoms with Crippen LogP contribution in [0.5, 0.6) is 0 Å². The zero-order chi connectivity index (χ0) is 22.5. The van der Waals surface area contributed by atoms with Crippen molar-refractivity contribution >= 4 is 29.5 Å². The second-order valence-corrected chi connectivity index (χ2v) is 6.02. The molecule has 0 saturated carbocycles. The van der Waals surface area contributed by atoms with Crippen molar-refractivity contribution in [3.63, 3.8) is 0 Å². The summed E-state index contributed by atoms with van der Waals surface area (Å²) in [7, 11) is 2.41. The molecule has 30 heavy (non-hydrogen) atoms. The van der Waals surface area contributed by atoms with Gasteiger partial charge in [-0.05, 0) is 31.0 Å². The normalized spacial score (nSPS) is 10.5. The Morgan fingerprint density at radius 1 is 1.10 bits per heavy atom. The first-order chi connectivity index (χ1) is 14.3. The van der Waals surface area contributed by atoms with Gasteiger partial charge in [0.15, 0.2) is 0 Å². The van der Waals surface area contributed by atoms with Gasteiger partial charge in [-0.2, -0.15) is 5.26 Å². The Labute approximate surface area is 173 Å². The van der Waals surface area contributed by atoms with Crippen molar-refractivity contribution in [2.45, 2.75) is 25.7 Å². The summed E-state index contributed by atoms with van der Waals surface area (Å²) in [5.41, 5.74) is 0.154. The third kappa shape index (κ3) is 7.63. The number of unbranched alkanes of at least 4 members (excludes halogenated alkanes) is 2. The van der Waals surface area contributed by atoms with E-state index in [0.717, 1.165) is 6.20 Å². The molecule has 160 valence electrons. The first-order valence-corrected chi connectivity index (χ1v) is 9.01. The average Bonchev–Trinajstić information content (AvgIpc) is 2.75. The van der Waals surface area contributed by atoms with E-state index in [1.165, 1.54) is 32.4 Å². The van der Waals surface area contributed by atoms with Crippen LogP contribution in [0.2, 0.25) is 0 Å². The molecule has 1 amide bonds. The number of nitrogens with one attached hydrogen (secondary N) is 2. The maximum Gasteiger partial charge on any atom is 0.339 e. The van der Waals surface area contributed by atoms with Crippen molar-refractivity contribution in [3.05, 3.63) is 41.1 Å². The molecule has 0 aromatic heterocycles. The van der Waals surface area contributed by atoms with Crippen LogP contribution in [0.1, 0.15) is 46.4 Å². The van der Waals surface area contributed by atoms with E-state index in [0.29, 0.717) is 19.3 Å². The summed E-state index contributed by atoms with van der Waals surface area (Å²) < 4.78 is 9.33. The topological polar surface area (TPSA) is 155 Å². The fraction of sp³-hybridized carbons (Fsp3) is 0.350. The van der Waals surface area contributed by atoms with Gasteiger partial charge in [0.25, 0.3) is 5.91 Å². The molecule has 10 heteroatoms. The lowest BCUT2D eigenvalue weighted by Crippen LogP contribution is -2.26. The van der Waals surface area contributed by atoms with Crippen LogP contribution >= 0.6 is 0 Å². The number of carbonyl (C=O) groups is 4. The molecule has 0 spiro atoms. The second-order valence-electron chi connectivity index (χ2n) is 6.02. The molecule has 1 aromatic carbocycles. The maximum absolute atomic E-state index is 12.1. The molecule has 0 atom stereocenters. The summed E-state index contributed by atoms with van der Waals surface area (Å²) in [6.45, 7) is 0.280. The van der Waals surface area contributed by atoms with Crippen LogP contribution in [-0.2, 0) is 19.1 Å². The van der Waals surface area contributed by atoms with Crippen LogP contribution in [0.15, 0.2) is 30.0 Å². The third-order valence-corrected chi connectivity index (χ3v) is 3.94. The molecule has 0 bridgehead atoms. The summed E-state index contributed by atoms with van der Waals surface area (Å²) in [6.07, 6.45) is 2.87. The predicted molar refractivity (Wildman–Crippen MR) is 106 cm³/mol. The number of carboxylic acid groups (broad SMARTS) is 1. The second kappa shape index (κ2) is 12.6. The molecule has 0 aliphatic rings. The standard InChI is InChI=1S/C20H23N3O7/c1-29-19(27)13-7-8-15(20(28)30-2)16(10-13)23-12-14(11-21)18(26)22-9-5-3-4-6-17(24)25/h7-8,10,12,23H,3-6,9H2,1-2H3,(H,22,26)(H,24,25)/b14-12-. The number of ether oxygens (including phenoxy) is 2. The number of amides is 1. The van der Waals surface area contributed by atoms with Gasteiger partial charge in [-0.25, -0.2) is 9.59 Å². The van der Waals surface area contributed by atoms with Crippen LogP contribution in [0.3, 0.4) is 0 Å². The van der Waals surface area contributed by atoms with Gasteiger partial charge in [0.1, 0.15) is 11.6 Å². The van der Waals surface area contributed by atoms with Crippen molar-refractivity contribution in [3.8, 4) is 6.07 Å². The Morgan fingerprint density at radius 2 is 1.80 bits per heavy atom. The summed E-state index contributed by atoms with van der Waals surface area (Å²) in [5.74, 6) is -2.80. The first-order valence-electron chi connectivity index (χ1n) is 9.01. The Bertz CT molecular complexity index is 872. The van der Waals surface area contributed by atoms with E-state index in [9.17, 15) is 24.4 Å². The van der Waals surface area contributed by atoms with Gasteiger partial charge in [0.2, 0.25) is 0 Å². The van der Waals surface area contributed by atoms with Crippen LogP contribution in [-0.4, -0.2) is 49.7 Å². The van der Waals surface area contributed by atoms with E-state index in [2.05, 4.69) is 20.1 Å². The lowest BCUT2D eigenvalue weighted by Gasteiger charge is -2.10. The number of benzene rings is 1. The Balaban J connectivity index is 2.84. The first kappa shape index (κ1) is 24.2. The summed E-state index contributed by atoms with van der Waals surface area (Å²) in [4.78, 5) is 46.2. The van der Waals surface area contributed by atoms with Crippen molar-refractivity contribution in [2.24, 2.45) is 0 Å². The average molecular weight is 417 g/mol. The number of carbonyl (C=O) groups excluding carboxylic acids is 3. The number of nitrogens with zero attached hydrogens (tertiary/aromatic N) is 1. The number of nitriles is 1. The number of esters is 2. The van der Waals surface area contributed by atoms with Gasteiger partial charge in [-0.3, -0.25) is 9.59 Å². The highest BCUT2D eigenvalue weighted by Crippen LogP contribution is 2.20. The highest BCUT2D eigenvalue weighted by molar-refractivity contribution is 6.00. The van der Waals surface area contributed by atoms with Crippen molar-refractivity contribution in [1.29, 1.82) is 5.26 Å². The Hall–Kier alpha value is -3.87. The zero-order valence-electron chi connectivity index (χ0n) is 16.7. The van der Waals surface area contributed by atoms with E-state index in [4.69, 9.17) is 5.11 Å². The minimum Gasteiger partial charge on any atom is -0.481 e. The maximum atomic E-state index is 12.1. The number of anilines is 1. The van der Waals surface area contributed by atoms with Gasteiger partial charge >= 0.3 is 17.9 Å². The Morgan fingerprint density at radius 3 is 2.40 bits per heavy atom. The van der Waals surface area contributed by atoms with Gasteiger partial charge in [0, 0.05) is 19.2 Å². The highest BCUT2D eigenvalue weighted by Gasteiger charge is 2.16. The molecular formula is C20H23N3O7. The van der Waals surface area contributed by atoms with Gasteiger partial charge in [0.05, 0.1) is 31.0 Å². The van der Waals surface area contributed by atoms with Crippen LogP contribution in [0.4, 0.5) is 5.69 Å². The van der Waals surface area contributed by atoms with Crippen LogP contribution < -0.4 is 10.6 Å². The van der Waals surface area contributed by atoms with E-state index in [-0.39, 0.29) is 35.4 Å². The summed E-state index contributed by atoms with van der Waals surface area (Å²) in [6, 6.07) is 5.83.